The van der Waals surface area contributed by atoms with Crippen LogP contribution in [0.2, 0.25) is 0 Å². The van der Waals surface area contributed by atoms with Gasteiger partial charge in [0.05, 0.1) is 0 Å². The Labute approximate surface area is 179 Å². The van der Waals surface area contributed by atoms with Crippen LogP contribution in [-0.4, -0.2) is 29.9 Å². The Morgan fingerprint density at radius 3 is 2.40 bits per heavy atom. The van der Waals surface area contributed by atoms with E-state index in [4.69, 9.17) is 9.47 Å². The first-order valence-corrected chi connectivity index (χ1v) is 11.3. The van der Waals surface area contributed by atoms with Crippen molar-refractivity contribution in [1.82, 2.24) is 0 Å². The highest BCUT2D eigenvalue weighted by atomic mass is 16.5. The molecule has 0 aliphatic heterocycles. The molecule has 0 spiro atoms. The summed E-state index contributed by atoms with van der Waals surface area (Å²) in [6.07, 6.45) is 8.17. The number of carbonyl (C=O) groups excluding carboxylic acids is 3. The molecule has 5 heteroatoms. The summed E-state index contributed by atoms with van der Waals surface area (Å²) in [5.41, 5.74) is 0.916. The van der Waals surface area contributed by atoms with Crippen LogP contribution in [0.4, 0.5) is 0 Å². The molecule has 4 aliphatic rings. The van der Waals surface area contributed by atoms with Crippen molar-refractivity contribution in [2.75, 3.05) is 0 Å². The lowest BCUT2D eigenvalue weighted by atomic mass is 9.45. The predicted molar refractivity (Wildman–Crippen MR) is 112 cm³/mol. The predicted octanol–water partition coefficient (Wildman–Crippen LogP) is 4.40. The highest BCUT2D eigenvalue weighted by molar-refractivity contribution is 5.91. The number of carbonyl (C=O) groups is 3. The van der Waals surface area contributed by atoms with Crippen molar-refractivity contribution in [1.29, 1.82) is 0 Å². The molecule has 5 nitrogen and oxygen atoms in total. The number of hydrogen-bond donors (Lipinski definition) is 0. The molecule has 0 amide bonds. The van der Waals surface area contributed by atoms with Crippen molar-refractivity contribution in [2.24, 2.45) is 34.5 Å². The van der Waals surface area contributed by atoms with Gasteiger partial charge in [-0.25, -0.2) is 0 Å². The summed E-state index contributed by atoms with van der Waals surface area (Å²) in [7, 11) is 0. The molecule has 0 aromatic carbocycles. The van der Waals surface area contributed by atoms with E-state index in [9.17, 15) is 14.4 Å². The van der Waals surface area contributed by atoms with Crippen molar-refractivity contribution >= 4 is 17.7 Å². The van der Waals surface area contributed by atoms with Crippen LogP contribution in [0.15, 0.2) is 24.3 Å². The number of ketones is 1. The number of esters is 2. The molecular weight excluding hydrogens is 380 g/mol. The molecule has 30 heavy (non-hydrogen) atoms. The minimum Gasteiger partial charge on any atom is -0.462 e. The van der Waals surface area contributed by atoms with E-state index >= 15 is 0 Å². The molecule has 0 aromatic rings. The molecule has 4 rings (SSSR count). The van der Waals surface area contributed by atoms with E-state index < -0.39 is 0 Å². The molecular formula is C25H34O5. The van der Waals surface area contributed by atoms with E-state index in [1.807, 2.05) is 12.2 Å². The summed E-state index contributed by atoms with van der Waals surface area (Å²) in [6, 6.07) is 0. The van der Waals surface area contributed by atoms with Gasteiger partial charge in [0, 0.05) is 32.1 Å². The minimum atomic E-state index is -0.253. The Balaban J connectivity index is 1.80. The second kappa shape index (κ2) is 7.35. The molecule has 0 bridgehead atoms. The van der Waals surface area contributed by atoms with E-state index in [-0.39, 0.29) is 64.4 Å². The van der Waals surface area contributed by atoms with Crippen LogP contribution in [0.25, 0.3) is 0 Å². The van der Waals surface area contributed by atoms with E-state index in [0.717, 1.165) is 32.1 Å². The largest absolute Gasteiger partial charge is 0.462 e. The van der Waals surface area contributed by atoms with Gasteiger partial charge in [-0.3, -0.25) is 14.4 Å². The fourth-order valence-electron chi connectivity index (χ4n) is 7.76. The SMILES string of the molecule is C=C[C@H]1C[C@H](OC(C)=O)[C@H]2[C@@H]3CCC4=CC(=O)CC[C@]4(C)[C@H]3[C@H](OC(C)=O)C[C@@]21C. The molecule has 164 valence electrons. The van der Waals surface area contributed by atoms with Gasteiger partial charge in [0.1, 0.15) is 12.2 Å². The van der Waals surface area contributed by atoms with E-state index in [1.165, 1.54) is 19.4 Å². The fourth-order valence-corrected chi connectivity index (χ4v) is 7.76. The molecule has 8 atom stereocenters. The topological polar surface area (TPSA) is 69.7 Å². The standard InChI is InChI=1S/C25H34O5/c1-6-16-12-20(29-14(2)26)22-19-8-7-17-11-18(28)9-10-24(17,4)23(19)21(30-15(3)27)13-25(16,22)5/h6,11,16,19-23H,1,7-10,12-13H2,2-5H3/t16-,19-,20-,21+,22+,23+,24-,25+/m0/s1. The lowest BCUT2D eigenvalue weighted by Crippen LogP contribution is -2.59. The maximum atomic E-state index is 12.1. The van der Waals surface area contributed by atoms with Gasteiger partial charge < -0.3 is 9.47 Å². The second-order valence-electron chi connectivity index (χ2n) is 10.4. The van der Waals surface area contributed by atoms with Gasteiger partial charge in [0.2, 0.25) is 0 Å². The van der Waals surface area contributed by atoms with Crippen LogP contribution in [0.5, 0.6) is 0 Å². The number of fused-ring (bicyclic) bond motifs is 5. The summed E-state index contributed by atoms with van der Waals surface area (Å²) in [6.45, 7) is 11.6. The number of rotatable bonds is 3. The Hall–Kier alpha value is -1.91. The van der Waals surface area contributed by atoms with Gasteiger partial charge in [-0.15, -0.1) is 6.58 Å². The molecule has 3 saturated carbocycles. The van der Waals surface area contributed by atoms with Crippen molar-refractivity contribution in [3.63, 3.8) is 0 Å². The second-order valence-corrected chi connectivity index (χ2v) is 10.4. The van der Waals surface area contributed by atoms with Crippen LogP contribution in [0.1, 0.15) is 66.2 Å². The zero-order valence-electron chi connectivity index (χ0n) is 18.6. The Morgan fingerprint density at radius 2 is 1.77 bits per heavy atom. The third-order valence-corrected chi connectivity index (χ3v) is 8.82. The monoisotopic (exact) mass is 414 g/mol. The molecule has 0 heterocycles. The number of hydrogen-bond acceptors (Lipinski definition) is 5. The summed E-state index contributed by atoms with van der Waals surface area (Å²) >= 11 is 0. The number of allylic oxidation sites excluding steroid dienone is 2. The highest BCUT2D eigenvalue weighted by Gasteiger charge is 2.65. The molecule has 0 saturated heterocycles. The Morgan fingerprint density at radius 1 is 1.10 bits per heavy atom. The van der Waals surface area contributed by atoms with Crippen LogP contribution in [-0.2, 0) is 23.9 Å². The smallest absolute Gasteiger partial charge is 0.302 e. The summed E-state index contributed by atoms with van der Waals surface area (Å²) in [5, 5.41) is 0. The normalized spacial score (nSPS) is 44.8. The fraction of sp³-hybridized carbons (Fsp3) is 0.720. The maximum absolute atomic E-state index is 12.1. The molecule has 4 aliphatic carbocycles. The zero-order valence-corrected chi connectivity index (χ0v) is 18.6. The molecule has 0 aromatic heterocycles. The van der Waals surface area contributed by atoms with Gasteiger partial charge in [-0.1, -0.05) is 25.5 Å². The van der Waals surface area contributed by atoms with Crippen LogP contribution >= 0.6 is 0 Å². The van der Waals surface area contributed by atoms with E-state index in [1.54, 1.807) is 0 Å². The van der Waals surface area contributed by atoms with Crippen molar-refractivity contribution in [3.05, 3.63) is 24.3 Å². The Kier molecular flexibility index (Phi) is 5.22. The highest BCUT2D eigenvalue weighted by Crippen LogP contribution is 2.67. The van der Waals surface area contributed by atoms with Gasteiger partial charge in [0.15, 0.2) is 5.78 Å². The molecule has 0 radical (unpaired) electrons. The van der Waals surface area contributed by atoms with E-state index in [0.29, 0.717) is 6.42 Å². The third-order valence-electron chi connectivity index (χ3n) is 8.82. The average molecular weight is 415 g/mol. The van der Waals surface area contributed by atoms with Gasteiger partial charge in [0.25, 0.3) is 0 Å². The summed E-state index contributed by atoms with van der Waals surface area (Å²) in [4.78, 5) is 36.1. The first-order valence-electron chi connectivity index (χ1n) is 11.3. The van der Waals surface area contributed by atoms with Crippen LogP contribution < -0.4 is 0 Å². The lowest BCUT2D eigenvalue weighted by Gasteiger charge is -2.60. The van der Waals surface area contributed by atoms with E-state index in [2.05, 4.69) is 20.4 Å². The first kappa shape index (κ1) is 21.3. The van der Waals surface area contributed by atoms with Crippen molar-refractivity contribution < 1.29 is 23.9 Å². The molecule has 0 unspecified atom stereocenters. The first-order chi connectivity index (χ1) is 14.1. The average Bonchev–Trinajstić information content (AvgIpc) is 2.92. The quantitative estimate of drug-likeness (QED) is 0.506. The van der Waals surface area contributed by atoms with Crippen LogP contribution in [0.3, 0.4) is 0 Å². The third kappa shape index (κ3) is 3.16. The van der Waals surface area contributed by atoms with Crippen molar-refractivity contribution in [3.8, 4) is 0 Å². The number of ether oxygens (including phenoxy) is 2. The van der Waals surface area contributed by atoms with Gasteiger partial charge in [-0.05, 0) is 60.8 Å². The Bertz CT molecular complexity index is 812. The molecule has 0 N–H and O–H groups in total. The summed E-state index contributed by atoms with van der Waals surface area (Å²) < 4.78 is 11.9. The lowest BCUT2D eigenvalue weighted by molar-refractivity contribution is -0.183. The van der Waals surface area contributed by atoms with Gasteiger partial charge in [-0.2, -0.15) is 0 Å². The maximum Gasteiger partial charge on any atom is 0.302 e. The minimum absolute atomic E-state index is 0.134. The molecule has 3 fully saturated rings. The summed E-state index contributed by atoms with van der Waals surface area (Å²) in [5.74, 6) is 0.539. The van der Waals surface area contributed by atoms with Crippen LogP contribution in [0, 0.1) is 34.5 Å². The van der Waals surface area contributed by atoms with Gasteiger partial charge >= 0.3 is 11.9 Å². The zero-order chi connectivity index (χ0) is 21.8. The van der Waals surface area contributed by atoms with Crippen molar-refractivity contribution in [2.45, 2.75) is 78.4 Å².